The van der Waals surface area contributed by atoms with Crippen LogP contribution in [0.25, 0.3) is 10.4 Å². The second kappa shape index (κ2) is 6.74. The normalized spacial score (nSPS) is 10.5. The molecule has 1 aromatic heterocycles. The van der Waals surface area contributed by atoms with Crippen molar-refractivity contribution in [2.75, 3.05) is 0 Å². The van der Waals surface area contributed by atoms with Gasteiger partial charge in [0.25, 0.3) is 5.91 Å². The summed E-state index contributed by atoms with van der Waals surface area (Å²) < 4.78 is 0. The third kappa shape index (κ3) is 4.06. The zero-order valence-corrected chi connectivity index (χ0v) is 13.2. The molecule has 0 saturated carbocycles. The molecule has 2 amide bonds. The quantitative estimate of drug-likeness (QED) is 0.850. The van der Waals surface area contributed by atoms with Crippen molar-refractivity contribution in [1.82, 2.24) is 10.9 Å². The molecule has 1 heterocycles. The highest BCUT2D eigenvalue weighted by atomic mass is 35.5. The van der Waals surface area contributed by atoms with Crippen LogP contribution < -0.4 is 10.9 Å². The molecule has 0 saturated heterocycles. The SMILES string of the molecule is CC(C)C(=O)NNC(=O)c1ccc(-c2ccc(Cl)cc2)s1. The van der Waals surface area contributed by atoms with Gasteiger partial charge >= 0.3 is 0 Å². The first-order valence-electron chi connectivity index (χ1n) is 6.43. The Balaban J connectivity index is 2.04. The molecule has 2 rings (SSSR count). The average Bonchev–Trinajstić information content (AvgIpc) is 2.94. The van der Waals surface area contributed by atoms with Crippen LogP contribution in [0.3, 0.4) is 0 Å². The Kier molecular flexibility index (Phi) is 4.98. The van der Waals surface area contributed by atoms with Crippen LogP contribution in [0.1, 0.15) is 23.5 Å². The van der Waals surface area contributed by atoms with E-state index in [-0.39, 0.29) is 17.7 Å². The molecule has 21 heavy (non-hydrogen) atoms. The Hall–Kier alpha value is -1.85. The number of benzene rings is 1. The maximum Gasteiger partial charge on any atom is 0.279 e. The lowest BCUT2D eigenvalue weighted by Crippen LogP contribution is -2.43. The largest absolute Gasteiger partial charge is 0.279 e. The van der Waals surface area contributed by atoms with Gasteiger partial charge in [-0.05, 0) is 29.8 Å². The van der Waals surface area contributed by atoms with Crippen molar-refractivity contribution >= 4 is 34.8 Å². The molecule has 0 aliphatic rings. The molecule has 110 valence electrons. The van der Waals surface area contributed by atoms with Crippen LogP contribution in [0.2, 0.25) is 5.02 Å². The van der Waals surface area contributed by atoms with Crippen molar-refractivity contribution in [1.29, 1.82) is 0 Å². The van der Waals surface area contributed by atoms with E-state index in [0.717, 1.165) is 10.4 Å². The Morgan fingerprint density at radius 1 is 1.05 bits per heavy atom. The number of thiophene rings is 1. The lowest BCUT2D eigenvalue weighted by atomic mass is 10.2. The van der Waals surface area contributed by atoms with Crippen molar-refractivity contribution in [3.05, 3.63) is 46.3 Å². The van der Waals surface area contributed by atoms with E-state index in [9.17, 15) is 9.59 Å². The van der Waals surface area contributed by atoms with Gasteiger partial charge in [-0.1, -0.05) is 37.6 Å². The fourth-order valence-corrected chi connectivity index (χ4v) is 2.59. The van der Waals surface area contributed by atoms with Gasteiger partial charge in [0.2, 0.25) is 5.91 Å². The minimum atomic E-state index is -0.325. The van der Waals surface area contributed by atoms with Crippen molar-refractivity contribution in [3.63, 3.8) is 0 Å². The van der Waals surface area contributed by atoms with Crippen LogP contribution in [-0.2, 0) is 4.79 Å². The Morgan fingerprint density at radius 2 is 1.71 bits per heavy atom. The standard InChI is InChI=1S/C15H15ClN2O2S/c1-9(2)14(19)17-18-15(20)13-8-7-12(21-13)10-3-5-11(16)6-4-10/h3-9H,1-2H3,(H,17,19)(H,18,20). The van der Waals surface area contributed by atoms with E-state index in [4.69, 9.17) is 11.6 Å². The summed E-state index contributed by atoms with van der Waals surface area (Å²) in [5.41, 5.74) is 5.79. The van der Waals surface area contributed by atoms with Gasteiger partial charge in [-0.25, -0.2) is 0 Å². The first kappa shape index (κ1) is 15.5. The molecule has 0 aliphatic carbocycles. The third-order valence-corrected chi connectivity index (χ3v) is 4.17. The fraction of sp³-hybridized carbons (Fsp3) is 0.200. The van der Waals surface area contributed by atoms with Gasteiger partial charge in [0.05, 0.1) is 4.88 Å². The molecule has 0 aliphatic heterocycles. The van der Waals surface area contributed by atoms with Crippen LogP contribution in [0.4, 0.5) is 0 Å². The molecule has 2 N–H and O–H groups in total. The second-order valence-corrected chi connectivity index (χ2v) is 6.29. The molecular weight excluding hydrogens is 308 g/mol. The minimum Gasteiger partial charge on any atom is -0.273 e. The summed E-state index contributed by atoms with van der Waals surface area (Å²) in [6.07, 6.45) is 0. The predicted molar refractivity (Wildman–Crippen MR) is 85.2 cm³/mol. The van der Waals surface area contributed by atoms with Crippen LogP contribution in [0.15, 0.2) is 36.4 Å². The second-order valence-electron chi connectivity index (χ2n) is 4.77. The summed E-state index contributed by atoms with van der Waals surface area (Å²) in [7, 11) is 0. The Morgan fingerprint density at radius 3 is 2.33 bits per heavy atom. The maximum atomic E-state index is 11.9. The van der Waals surface area contributed by atoms with Gasteiger partial charge < -0.3 is 0 Å². The smallest absolute Gasteiger partial charge is 0.273 e. The number of hydrazine groups is 1. The summed E-state index contributed by atoms with van der Waals surface area (Å²) >= 11 is 7.20. The fourth-order valence-electron chi connectivity index (χ4n) is 1.55. The number of carbonyl (C=O) groups is 2. The van der Waals surface area contributed by atoms with E-state index in [0.29, 0.717) is 9.90 Å². The third-order valence-electron chi connectivity index (χ3n) is 2.78. The van der Waals surface area contributed by atoms with Crippen LogP contribution in [0, 0.1) is 5.92 Å². The number of rotatable bonds is 3. The number of hydrogen-bond acceptors (Lipinski definition) is 3. The van der Waals surface area contributed by atoms with E-state index in [2.05, 4.69) is 10.9 Å². The summed E-state index contributed by atoms with van der Waals surface area (Å²) in [6.45, 7) is 3.51. The summed E-state index contributed by atoms with van der Waals surface area (Å²) in [5.74, 6) is -0.731. The van der Waals surface area contributed by atoms with Gasteiger partial charge in [-0.2, -0.15) is 0 Å². The van der Waals surface area contributed by atoms with Gasteiger partial charge in [0.15, 0.2) is 0 Å². The lowest BCUT2D eigenvalue weighted by Gasteiger charge is -2.07. The van der Waals surface area contributed by atoms with Gasteiger partial charge in [-0.3, -0.25) is 20.4 Å². The van der Waals surface area contributed by atoms with Crippen LogP contribution >= 0.6 is 22.9 Å². The highest BCUT2D eigenvalue weighted by Gasteiger charge is 2.12. The topological polar surface area (TPSA) is 58.2 Å². The van der Waals surface area contributed by atoms with Gasteiger partial charge in [-0.15, -0.1) is 11.3 Å². The molecule has 0 atom stereocenters. The molecule has 6 heteroatoms. The monoisotopic (exact) mass is 322 g/mol. The van der Waals surface area contributed by atoms with Crippen LogP contribution in [0.5, 0.6) is 0 Å². The van der Waals surface area contributed by atoms with Crippen molar-refractivity contribution in [2.45, 2.75) is 13.8 Å². The summed E-state index contributed by atoms with van der Waals surface area (Å²) in [5, 5.41) is 0.671. The molecule has 2 aromatic rings. The predicted octanol–water partition coefficient (Wildman–Crippen LogP) is 3.49. The van der Waals surface area contributed by atoms with E-state index < -0.39 is 0 Å². The zero-order valence-electron chi connectivity index (χ0n) is 11.6. The van der Waals surface area contributed by atoms with Gasteiger partial charge in [0.1, 0.15) is 0 Å². The van der Waals surface area contributed by atoms with Gasteiger partial charge in [0, 0.05) is 15.8 Å². The molecule has 0 bridgehead atoms. The Labute approximate surface area is 132 Å². The minimum absolute atomic E-state index is 0.182. The number of amides is 2. The van der Waals surface area contributed by atoms with Crippen LogP contribution in [-0.4, -0.2) is 11.8 Å². The van der Waals surface area contributed by atoms with Crippen molar-refractivity contribution in [3.8, 4) is 10.4 Å². The van der Waals surface area contributed by atoms with E-state index in [1.54, 1.807) is 32.0 Å². The maximum absolute atomic E-state index is 11.9. The van der Waals surface area contributed by atoms with E-state index in [1.165, 1.54) is 11.3 Å². The number of halogens is 1. The molecular formula is C15H15ClN2O2S. The highest BCUT2D eigenvalue weighted by Crippen LogP contribution is 2.28. The Bertz CT molecular complexity index is 650. The number of nitrogens with one attached hydrogen (secondary N) is 2. The lowest BCUT2D eigenvalue weighted by molar-refractivity contribution is -0.124. The molecule has 1 aromatic carbocycles. The summed E-state index contributed by atoms with van der Waals surface area (Å²) in [6, 6.07) is 11.0. The van der Waals surface area contributed by atoms with E-state index in [1.807, 2.05) is 18.2 Å². The zero-order chi connectivity index (χ0) is 15.4. The average molecular weight is 323 g/mol. The van der Waals surface area contributed by atoms with Crippen molar-refractivity contribution in [2.24, 2.45) is 5.92 Å². The molecule has 0 unspecified atom stereocenters. The molecule has 0 radical (unpaired) electrons. The molecule has 4 nitrogen and oxygen atoms in total. The molecule has 0 spiro atoms. The summed E-state index contributed by atoms with van der Waals surface area (Å²) in [4.78, 5) is 24.8. The van der Waals surface area contributed by atoms with Crippen molar-refractivity contribution < 1.29 is 9.59 Å². The highest BCUT2D eigenvalue weighted by molar-refractivity contribution is 7.17. The number of hydrogen-bond donors (Lipinski definition) is 2. The number of carbonyl (C=O) groups excluding carboxylic acids is 2. The van der Waals surface area contributed by atoms with E-state index >= 15 is 0 Å². The molecule has 0 fully saturated rings. The first-order valence-corrected chi connectivity index (χ1v) is 7.63. The first-order chi connectivity index (χ1) is 9.97.